The highest BCUT2D eigenvalue weighted by Gasteiger charge is 2.27. The lowest BCUT2D eigenvalue weighted by molar-refractivity contribution is -0.117. The number of carbonyl (C=O) groups excluding carboxylic acids is 1. The number of halogens is 1. The number of pyridine rings is 1. The van der Waals surface area contributed by atoms with E-state index in [4.69, 9.17) is 4.74 Å². The summed E-state index contributed by atoms with van der Waals surface area (Å²) in [6.45, 7) is 0.484. The maximum absolute atomic E-state index is 12.2. The Hall–Kier alpha value is -2.20. The Bertz CT molecular complexity index is 726. The van der Waals surface area contributed by atoms with Crippen molar-refractivity contribution in [3.8, 4) is 0 Å². The van der Waals surface area contributed by atoms with E-state index < -0.39 is 0 Å². The molecule has 0 N–H and O–H groups in total. The van der Waals surface area contributed by atoms with Gasteiger partial charge in [0.1, 0.15) is 12.4 Å². The highest BCUT2D eigenvalue weighted by Crippen LogP contribution is 2.35. The molecule has 0 saturated carbocycles. The minimum atomic E-state index is -0.296. The molecule has 2 unspecified atom stereocenters. The fourth-order valence-electron chi connectivity index (χ4n) is 2.40. The molecule has 0 radical (unpaired) electrons. The van der Waals surface area contributed by atoms with E-state index in [1.807, 2.05) is 48.5 Å². The lowest BCUT2D eigenvalue weighted by Crippen LogP contribution is -2.19. The molecule has 2 atom stereocenters. The first-order valence-corrected chi connectivity index (χ1v) is 8.30. The molecule has 0 amide bonds. The van der Waals surface area contributed by atoms with Crippen molar-refractivity contribution in [3.05, 3.63) is 90.0 Å². The molecule has 1 aliphatic carbocycles. The van der Waals surface area contributed by atoms with Crippen molar-refractivity contribution in [3.63, 3.8) is 0 Å². The monoisotopic (exact) mass is 369 g/mol. The summed E-state index contributed by atoms with van der Waals surface area (Å²) >= 11 is 3.62. The highest BCUT2D eigenvalue weighted by molar-refractivity contribution is 9.09. The van der Waals surface area contributed by atoms with Gasteiger partial charge < -0.3 is 4.74 Å². The van der Waals surface area contributed by atoms with Gasteiger partial charge in [-0.1, -0.05) is 52.3 Å². The Morgan fingerprint density at radius 3 is 2.70 bits per heavy atom. The van der Waals surface area contributed by atoms with E-state index in [9.17, 15) is 4.79 Å². The SMILES string of the molecule is O=C1C=CC(OCc2ccccc2)=CC1C(Br)c1cccnc1. The number of nitrogens with zero attached hydrogens (tertiary/aromatic N) is 1. The predicted molar refractivity (Wildman–Crippen MR) is 92.9 cm³/mol. The Morgan fingerprint density at radius 2 is 1.96 bits per heavy atom. The van der Waals surface area contributed by atoms with E-state index in [1.54, 1.807) is 24.5 Å². The molecule has 0 bridgehead atoms. The average Bonchev–Trinajstić information content (AvgIpc) is 2.62. The van der Waals surface area contributed by atoms with Gasteiger partial charge in [-0.05, 0) is 35.4 Å². The van der Waals surface area contributed by atoms with Crippen molar-refractivity contribution >= 4 is 21.7 Å². The minimum Gasteiger partial charge on any atom is -0.489 e. The highest BCUT2D eigenvalue weighted by atomic mass is 79.9. The molecule has 0 aliphatic heterocycles. The predicted octanol–water partition coefficient (Wildman–Crippen LogP) is 4.37. The lowest BCUT2D eigenvalue weighted by Gasteiger charge is -2.21. The van der Waals surface area contributed by atoms with Crippen LogP contribution in [0.2, 0.25) is 0 Å². The van der Waals surface area contributed by atoms with Gasteiger partial charge >= 0.3 is 0 Å². The van der Waals surface area contributed by atoms with Crippen LogP contribution in [-0.4, -0.2) is 10.8 Å². The summed E-state index contributed by atoms with van der Waals surface area (Å²) in [5, 5.41) is 0. The van der Waals surface area contributed by atoms with Crippen LogP contribution >= 0.6 is 15.9 Å². The number of hydrogen-bond donors (Lipinski definition) is 0. The average molecular weight is 370 g/mol. The van der Waals surface area contributed by atoms with Gasteiger partial charge in [-0.3, -0.25) is 9.78 Å². The summed E-state index contributed by atoms with van der Waals surface area (Å²) in [5.74, 6) is 0.476. The first-order valence-electron chi connectivity index (χ1n) is 7.38. The maximum atomic E-state index is 12.2. The zero-order valence-corrected chi connectivity index (χ0v) is 14.0. The molecular weight excluding hydrogens is 354 g/mol. The molecule has 1 aromatic carbocycles. The van der Waals surface area contributed by atoms with Gasteiger partial charge in [0.05, 0.1) is 10.7 Å². The van der Waals surface area contributed by atoms with E-state index >= 15 is 0 Å². The standard InChI is InChI=1S/C19H16BrNO2/c20-19(15-7-4-10-21-12-15)17-11-16(8-9-18(17)22)23-13-14-5-2-1-3-6-14/h1-12,17,19H,13H2. The van der Waals surface area contributed by atoms with Crippen LogP contribution in [0.5, 0.6) is 0 Å². The van der Waals surface area contributed by atoms with Crippen LogP contribution in [0.1, 0.15) is 16.0 Å². The van der Waals surface area contributed by atoms with Crippen LogP contribution in [-0.2, 0) is 16.1 Å². The molecule has 2 aromatic rings. The van der Waals surface area contributed by atoms with Gasteiger partial charge in [0, 0.05) is 12.4 Å². The van der Waals surface area contributed by atoms with Crippen molar-refractivity contribution in [2.75, 3.05) is 0 Å². The zero-order chi connectivity index (χ0) is 16.1. The molecule has 0 fully saturated rings. The molecule has 1 heterocycles. The number of carbonyl (C=O) groups is 1. The van der Waals surface area contributed by atoms with Crippen molar-refractivity contribution in [2.24, 2.45) is 5.92 Å². The third-order valence-electron chi connectivity index (χ3n) is 3.65. The van der Waals surface area contributed by atoms with E-state index in [1.165, 1.54) is 0 Å². The van der Waals surface area contributed by atoms with Crippen molar-refractivity contribution < 1.29 is 9.53 Å². The quantitative estimate of drug-likeness (QED) is 0.734. The Kier molecular flexibility index (Phi) is 5.03. The van der Waals surface area contributed by atoms with Crippen LogP contribution < -0.4 is 0 Å². The van der Waals surface area contributed by atoms with Crippen molar-refractivity contribution in [2.45, 2.75) is 11.4 Å². The third-order valence-corrected chi connectivity index (χ3v) is 4.75. The Morgan fingerprint density at radius 1 is 1.13 bits per heavy atom. The molecule has 4 heteroatoms. The Labute approximate surface area is 143 Å². The number of alkyl halides is 1. The smallest absolute Gasteiger partial charge is 0.164 e. The van der Waals surface area contributed by atoms with Gasteiger partial charge in [0.15, 0.2) is 5.78 Å². The largest absolute Gasteiger partial charge is 0.489 e. The number of allylic oxidation sites excluding steroid dienone is 3. The summed E-state index contributed by atoms with van der Waals surface area (Å²) in [4.78, 5) is 16.2. The van der Waals surface area contributed by atoms with Gasteiger partial charge in [-0.15, -0.1) is 0 Å². The summed E-state index contributed by atoms with van der Waals surface area (Å²) < 4.78 is 5.82. The molecule has 116 valence electrons. The van der Waals surface area contributed by atoms with Gasteiger partial charge in [-0.25, -0.2) is 0 Å². The molecule has 0 saturated heterocycles. The van der Waals surface area contributed by atoms with Gasteiger partial charge in [0.2, 0.25) is 0 Å². The number of benzene rings is 1. The summed E-state index contributed by atoms with van der Waals surface area (Å²) in [6, 6.07) is 13.8. The van der Waals surface area contributed by atoms with Gasteiger partial charge in [0.25, 0.3) is 0 Å². The summed E-state index contributed by atoms with van der Waals surface area (Å²) in [7, 11) is 0. The number of aromatic nitrogens is 1. The molecule has 3 rings (SSSR count). The number of ketones is 1. The number of rotatable bonds is 5. The number of hydrogen-bond acceptors (Lipinski definition) is 3. The van der Waals surface area contributed by atoms with Crippen LogP contribution in [0.15, 0.2) is 78.8 Å². The Balaban J connectivity index is 1.72. The molecule has 0 spiro atoms. The second kappa shape index (κ2) is 7.38. The van der Waals surface area contributed by atoms with E-state index in [0.29, 0.717) is 12.4 Å². The van der Waals surface area contributed by atoms with Crippen LogP contribution in [0.25, 0.3) is 0 Å². The summed E-state index contributed by atoms with van der Waals surface area (Å²) in [5.41, 5.74) is 2.07. The van der Waals surface area contributed by atoms with Crippen LogP contribution in [0.4, 0.5) is 0 Å². The fraction of sp³-hybridized carbons (Fsp3) is 0.158. The van der Waals surface area contributed by atoms with Crippen LogP contribution in [0, 0.1) is 5.92 Å². The van der Waals surface area contributed by atoms with E-state index in [2.05, 4.69) is 20.9 Å². The third kappa shape index (κ3) is 3.96. The minimum absolute atomic E-state index is 0.0581. The number of ether oxygens (including phenoxy) is 1. The van der Waals surface area contributed by atoms with E-state index in [-0.39, 0.29) is 16.5 Å². The molecule has 23 heavy (non-hydrogen) atoms. The normalized spacial score (nSPS) is 18.4. The topological polar surface area (TPSA) is 39.2 Å². The first kappa shape index (κ1) is 15.7. The molecule has 1 aromatic heterocycles. The first-order chi connectivity index (χ1) is 11.2. The lowest BCUT2D eigenvalue weighted by atomic mass is 9.92. The second-order valence-electron chi connectivity index (χ2n) is 5.29. The van der Waals surface area contributed by atoms with Crippen molar-refractivity contribution in [1.29, 1.82) is 0 Å². The second-order valence-corrected chi connectivity index (χ2v) is 6.28. The van der Waals surface area contributed by atoms with Crippen LogP contribution in [0.3, 0.4) is 0 Å². The zero-order valence-electron chi connectivity index (χ0n) is 12.4. The van der Waals surface area contributed by atoms with Crippen molar-refractivity contribution in [1.82, 2.24) is 4.98 Å². The summed E-state index contributed by atoms with van der Waals surface area (Å²) in [6.07, 6.45) is 8.66. The molecule has 1 aliphatic rings. The molecule has 3 nitrogen and oxygen atoms in total. The fourth-order valence-corrected chi connectivity index (χ4v) is 3.09. The van der Waals surface area contributed by atoms with Gasteiger partial charge in [-0.2, -0.15) is 0 Å². The van der Waals surface area contributed by atoms with E-state index in [0.717, 1.165) is 11.1 Å². The maximum Gasteiger partial charge on any atom is 0.164 e. The molecular formula is C19H16BrNO2.